The fraction of sp³-hybridized carbons (Fsp3) is 0.370. The molecule has 3 N–H and O–H groups in total. The number of ether oxygens (including phenoxy) is 1. The zero-order chi connectivity index (χ0) is 25.9. The third kappa shape index (κ3) is 6.15. The van der Waals surface area contributed by atoms with Crippen LogP contribution in [0.1, 0.15) is 30.4 Å². The molecule has 2 aromatic carbocycles. The molecule has 0 aliphatic heterocycles. The minimum absolute atomic E-state index is 0.0520. The fourth-order valence-electron chi connectivity index (χ4n) is 4.25. The molecule has 37 heavy (non-hydrogen) atoms. The van der Waals surface area contributed by atoms with Gasteiger partial charge in [-0.25, -0.2) is 4.98 Å². The van der Waals surface area contributed by atoms with Crippen LogP contribution in [0.15, 0.2) is 42.5 Å². The summed E-state index contributed by atoms with van der Waals surface area (Å²) in [5, 5.41) is 23.4. The lowest BCUT2D eigenvalue weighted by Gasteiger charge is -2.16. The number of fused-ring (bicyclic) bond motifs is 1. The summed E-state index contributed by atoms with van der Waals surface area (Å²) in [6.45, 7) is 2.82. The molecule has 2 aromatic heterocycles. The topological polar surface area (TPSA) is 105 Å². The van der Waals surface area contributed by atoms with E-state index in [0.717, 1.165) is 41.1 Å². The third-order valence-electron chi connectivity index (χ3n) is 6.39. The van der Waals surface area contributed by atoms with Gasteiger partial charge in [0.1, 0.15) is 29.8 Å². The first-order chi connectivity index (χ1) is 17.9. The Hall–Kier alpha value is -2.91. The number of hydrogen-bond donors (Lipinski definition) is 3. The van der Waals surface area contributed by atoms with Crippen molar-refractivity contribution < 1.29 is 14.9 Å². The Morgan fingerprint density at radius 3 is 2.62 bits per heavy atom. The molecule has 4 aromatic rings. The van der Waals surface area contributed by atoms with Crippen molar-refractivity contribution in [3.63, 3.8) is 0 Å². The summed E-state index contributed by atoms with van der Waals surface area (Å²) < 4.78 is 7.96. The molecule has 0 spiro atoms. The van der Waals surface area contributed by atoms with Gasteiger partial charge < -0.3 is 24.8 Å². The first-order valence-corrected chi connectivity index (χ1v) is 13.1. The van der Waals surface area contributed by atoms with Crippen molar-refractivity contribution in [2.24, 2.45) is 5.92 Å². The molecule has 1 aliphatic carbocycles. The highest BCUT2D eigenvalue weighted by atomic mass is 35.5. The van der Waals surface area contributed by atoms with Gasteiger partial charge in [0.05, 0.1) is 12.2 Å². The molecule has 1 unspecified atom stereocenters. The molecule has 1 saturated carbocycles. The quantitative estimate of drug-likeness (QED) is 0.227. The van der Waals surface area contributed by atoms with E-state index in [1.54, 1.807) is 0 Å². The first-order valence-electron chi connectivity index (χ1n) is 12.4. The molecule has 194 valence electrons. The van der Waals surface area contributed by atoms with E-state index in [2.05, 4.69) is 19.9 Å². The van der Waals surface area contributed by atoms with Gasteiger partial charge in [-0.3, -0.25) is 0 Å². The molecule has 5 rings (SSSR count). The predicted molar refractivity (Wildman–Crippen MR) is 145 cm³/mol. The van der Waals surface area contributed by atoms with Crippen LogP contribution in [0.4, 0.5) is 5.82 Å². The van der Waals surface area contributed by atoms with Crippen molar-refractivity contribution in [3.05, 3.63) is 63.9 Å². The number of nitrogens with zero attached hydrogens (tertiary/aromatic N) is 4. The normalized spacial score (nSPS) is 14.2. The van der Waals surface area contributed by atoms with E-state index in [1.165, 1.54) is 12.8 Å². The molecule has 1 atom stereocenters. The van der Waals surface area contributed by atoms with E-state index < -0.39 is 6.10 Å². The van der Waals surface area contributed by atoms with Crippen LogP contribution in [0, 0.1) is 12.8 Å². The molecule has 0 saturated heterocycles. The minimum Gasteiger partial charge on any atom is -0.490 e. The lowest BCUT2D eigenvalue weighted by Crippen LogP contribution is -2.21. The van der Waals surface area contributed by atoms with E-state index in [1.807, 2.05) is 49.4 Å². The van der Waals surface area contributed by atoms with Crippen molar-refractivity contribution in [2.75, 3.05) is 25.1 Å². The van der Waals surface area contributed by atoms with Gasteiger partial charge in [0.2, 0.25) is 5.28 Å². The first kappa shape index (κ1) is 25.7. The number of aryl methyl sites for hydroxylation is 1. The Labute approximate surface area is 225 Å². The van der Waals surface area contributed by atoms with Crippen LogP contribution < -0.4 is 10.1 Å². The number of halogens is 2. The number of benzene rings is 2. The van der Waals surface area contributed by atoms with Gasteiger partial charge in [-0.2, -0.15) is 9.97 Å². The average molecular weight is 542 g/mol. The largest absolute Gasteiger partial charge is 0.490 e. The Balaban J connectivity index is 1.64. The van der Waals surface area contributed by atoms with Crippen LogP contribution in [-0.2, 0) is 6.54 Å². The summed E-state index contributed by atoms with van der Waals surface area (Å²) in [5.41, 5.74) is 3.99. The van der Waals surface area contributed by atoms with Crippen LogP contribution in [0.5, 0.6) is 5.75 Å². The number of rotatable bonds is 11. The SMILES string of the molecule is Cc1ccc(OCC(O)CO)c(-c2nc3nc(Cl)nc(NCCC4CC4)c3n2Cc2ccc(Cl)cc2)c1. The number of anilines is 1. The monoisotopic (exact) mass is 541 g/mol. The van der Waals surface area contributed by atoms with Gasteiger partial charge in [-0.05, 0) is 60.7 Å². The highest BCUT2D eigenvalue weighted by molar-refractivity contribution is 6.30. The van der Waals surface area contributed by atoms with E-state index in [-0.39, 0.29) is 18.5 Å². The van der Waals surface area contributed by atoms with Crippen molar-refractivity contribution in [2.45, 2.75) is 38.8 Å². The lowest BCUT2D eigenvalue weighted by atomic mass is 10.1. The summed E-state index contributed by atoms with van der Waals surface area (Å²) in [7, 11) is 0. The number of aliphatic hydroxyl groups excluding tert-OH is 2. The third-order valence-corrected chi connectivity index (χ3v) is 6.81. The van der Waals surface area contributed by atoms with Gasteiger partial charge >= 0.3 is 0 Å². The van der Waals surface area contributed by atoms with Gasteiger partial charge in [0, 0.05) is 18.1 Å². The number of imidazole rings is 1. The lowest BCUT2D eigenvalue weighted by molar-refractivity contribution is 0.0538. The number of aromatic nitrogens is 4. The van der Waals surface area contributed by atoms with Crippen molar-refractivity contribution in [1.82, 2.24) is 19.5 Å². The van der Waals surface area contributed by atoms with E-state index >= 15 is 0 Å². The second kappa shape index (κ2) is 11.2. The van der Waals surface area contributed by atoms with Crippen LogP contribution in [0.2, 0.25) is 10.3 Å². The summed E-state index contributed by atoms with van der Waals surface area (Å²) in [4.78, 5) is 13.9. The zero-order valence-corrected chi connectivity index (χ0v) is 22.0. The molecule has 0 amide bonds. The zero-order valence-electron chi connectivity index (χ0n) is 20.5. The Kier molecular flexibility index (Phi) is 7.81. The number of nitrogens with one attached hydrogen (secondary N) is 1. The van der Waals surface area contributed by atoms with Crippen molar-refractivity contribution in [3.8, 4) is 17.1 Å². The molecule has 1 aliphatic rings. The molecule has 10 heteroatoms. The highest BCUT2D eigenvalue weighted by Crippen LogP contribution is 2.36. The summed E-state index contributed by atoms with van der Waals surface area (Å²) >= 11 is 12.5. The molecular formula is C27H29Cl2N5O3. The average Bonchev–Trinajstić information content (AvgIpc) is 3.64. The maximum Gasteiger partial charge on any atom is 0.226 e. The molecule has 8 nitrogen and oxygen atoms in total. The standard InChI is InChI=1S/C27H29Cl2N5O3/c1-16-2-9-22(37-15-20(36)14-35)21(12-16)26-31-25-23(34(26)13-18-5-7-19(28)8-6-18)24(32-27(29)33-25)30-11-10-17-3-4-17/h2,5-9,12,17,20,35-36H,3-4,10-11,13-15H2,1H3,(H,30,32,33). The Bertz CT molecular complexity index is 1390. The van der Waals surface area contributed by atoms with Gasteiger partial charge in [-0.1, -0.05) is 48.2 Å². The van der Waals surface area contributed by atoms with Gasteiger partial charge in [-0.15, -0.1) is 0 Å². The predicted octanol–water partition coefficient (Wildman–Crippen LogP) is 5.10. The smallest absolute Gasteiger partial charge is 0.226 e. The van der Waals surface area contributed by atoms with Crippen LogP contribution >= 0.6 is 23.2 Å². The molecule has 0 bridgehead atoms. The summed E-state index contributed by atoms with van der Waals surface area (Å²) in [6.07, 6.45) is 2.64. The second-order valence-corrected chi connectivity index (χ2v) is 10.2. The molecule has 1 fully saturated rings. The van der Waals surface area contributed by atoms with Gasteiger partial charge in [0.15, 0.2) is 11.5 Å². The summed E-state index contributed by atoms with van der Waals surface area (Å²) in [6, 6.07) is 13.4. The maximum atomic E-state index is 9.87. The Morgan fingerprint density at radius 1 is 1.11 bits per heavy atom. The molecule has 2 heterocycles. The van der Waals surface area contributed by atoms with E-state index in [9.17, 15) is 10.2 Å². The van der Waals surface area contributed by atoms with Crippen LogP contribution in [0.3, 0.4) is 0 Å². The minimum atomic E-state index is -0.992. The highest BCUT2D eigenvalue weighted by Gasteiger charge is 2.24. The molecule has 0 radical (unpaired) electrons. The van der Waals surface area contributed by atoms with Crippen LogP contribution in [-0.4, -0.2) is 55.6 Å². The van der Waals surface area contributed by atoms with Crippen molar-refractivity contribution in [1.29, 1.82) is 0 Å². The van der Waals surface area contributed by atoms with Gasteiger partial charge in [0.25, 0.3) is 0 Å². The summed E-state index contributed by atoms with van der Waals surface area (Å²) in [5.74, 6) is 2.57. The van der Waals surface area contributed by atoms with Crippen LogP contribution in [0.25, 0.3) is 22.6 Å². The number of aliphatic hydroxyl groups is 2. The fourth-order valence-corrected chi connectivity index (χ4v) is 4.54. The van der Waals surface area contributed by atoms with Crippen molar-refractivity contribution >= 4 is 40.2 Å². The second-order valence-electron chi connectivity index (χ2n) is 9.47. The number of hydrogen-bond acceptors (Lipinski definition) is 7. The van der Waals surface area contributed by atoms with E-state index in [4.69, 9.17) is 32.9 Å². The molecular weight excluding hydrogens is 513 g/mol. The Morgan fingerprint density at radius 2 is 1.89 bits per heavy atom. The van der Waals surface area contributed by atoms with E-state index in [0.29, 0.717) is 34.6 Å². The maximum absolute atomic E-state index is 9.87.